The Morgan fingerprint density at radius 1 is 1.28 bits per heavy atom. The lowest BCUT2D eigenvalue weighted by Crippen LogP contribution is -2.38. The number of ether oxygens (including phenoxy) is 1. The first-order valence-corrected chi connectivity index (χ1v) is 8.76. The lowest BCUT2D eigenvalue weighted by molar-refractivity contribution is 0.0177. The van der Waals surface area contributed by atoms with Crippen molar-refractivity contribution >= 4 is 5.97 Å². The van der Waals surface area contributed by atoms with E-state index in [1.54, 1.807) is 12.3 Å². The van der Waals surface area contributed by atoms with Crippen LogP contribution in [0.3, 0.4) is 0 Å². The highest BCUT2D eigenvalue weighted by atomic mass is 16.5. The summed E-state index contributed by atoms with van der Waals surface area (Å²) in [7, 11) is 0. The second-order valence-corrected chi connectivity index (χ2v) is 6.93. The van der Waals surface area contributed by atoms with Crippen LogP contribution in [0.1, 0.15) is 33.8 Å². The van der Waals surface area contributed by atoms with Crippen molar-refractivity contribution in [3.8, 4) is 0 Å². The monoisotopic (exact) mass is 338 g/mol. The van der Waals surface area contributed by atoms with Gasteiger partial charge in [-0.05, 0) is 23.6 Å². The Bertz CT molecular complexity index is 750. The van der Waals surface area contributed by atoms with Gasteiger partial charge in [0.25, 0.3) is 0 Å². The zero-order chi connectivity index (χ0) is 17.2. The molecule has 5 heteroatoms. The molecule has 4 rings (SSSR count). The summed E-state index contributed by atoms with van der Waals surface area (Å²) in [6.45, 7) is 3.30. The van der Waals surface area contributed by atoms with E-state index in [-0.39, 0.29) is 5.56 Å². The Hall–Kier alpha value is -2.24. The first-order chi connectivity index (χ1) is 12.2. The number of likely N-dealkylation sites (tertiary alicyclic amines) is 1. The topological polar surface area (TPSA) is 62.7 Å². The molecule has 3 unspecified atom stereocenters. The predicted molar refractivity (Wildman–Crippen MR) is 93.5 cm³/mol. The highest BCUT2D eigenvalue weighted by Gasteiger charge is 2.43. The fraction of sp³-hybridized carbons (Fsp3) is 0.400. The molecule has 130 valence electrons. The molecule has 1 N–H and O–H groups in total. The number of pyridine rings is 1. The van der Waals surface area contributed by atoms with Crippen molar-refractivity contribution in [1.82, 2.24) is 9.88 Å². The molecule has 25 heavy (non-hydrogen) atoms. The van der Waals surface area contributed by atoms with Gasteiger partial charge in [0.05, 0.1) is 12.2 Å². The van der Waals surface area contributed by atoms with E-state index in [0.29, 0.717) is 17.9 Å². The minimum absolute atomic E-state index is 0.250. The van der Waals surface area contributed by atoms with Crippen LogP contribution in [0.2, 0.25) is 0 Å². The van der Waals surface area contributed by atoms with Gasteiger partial charge in [0.2, 0.25) is 0 Å². The summed E-state index contributed by atoms with van der Waals surface area (Å²) in [5, 5.41) is 9.18. The number of benzene rings is 1. The van der Waals surface area contributed by atoms with Crippen molar-refractivity contribution in [1.29, 1.82) is 0 Å². The second kappa shape index (κ2) is 6.94. The average molecular weight is 338 g/mol. The lowest BCUT2D eigenvalue weighted by Gasteiger charge is -2.32. The molecule has 0 spiro atoms. The molecule has 5 nitrogen and oxygen atoms in total. The molecular weight excluding hydrogens is 316 g/mol. The Labute approximate surface area is 147 Å². The van der Waals surface area contributed by atoms with Gasteiger partial charge in [-0.2, -0.15) is 0 Å². The van der Waals surface area contributed by atoms with Gasteiger partial charge in [-0.25, -0.2) is 4.79 Å². The van der Waals surface area contributed by atoms with E-state index in [1.807, 2.05) is 6.07 Å². The summed E-state index contributed by atoms with van der Waals surface area (Å²) in [6, 6.07) is 12.9. The maximum Gasteiger partial charge on any atom is 0.337 e. The molecule has 3 atom stereocenters. The third-order valence-electron chi connectivity index (χ3n) is 5.43. The van der Waals surface area contributed by atoms with Crippen molar-refractivity contribution in [3.63, 3.8) is 0 Å². The molecule has 2 aromatic rings. The molecule has 0 aliphatic carbocycles. The van der Waals surface area contributed by atoms with Crippen molar-refractivity contribution < 1.29 is 14.6 Å². The molecule has 0 saturated carbocycles. The second-order valence-electron chi connectivity index (χ2n) is 6.93. The highest BCUT2D eigenvalue weighted by Crippen LogP contribution is 2.41. The molecular formula is C20H22N2O3. The molecule has 2 aliphatic rings. The number of rotatable bonds is 4. The average Bonchev–Trinajstić information content (AvgIpc) is 3.01. The zero-order valence-electron chi connectivity index (χ0n) is 14.0. The smallest absolute Gasteiger partial charge is 0.337 e. The molecule has 2 saturated heterocycles. The van der Waals surface area contributed by atoms with Gasteiger partial charge in [0, 0.05) is 50.0 Å². The summed E-state index contributed by atoms with van der Waals surface area (Å²) in [5.74, 6) is 0.0239. The van der Waals surface area contributed by atoms with E-state index in [1.165, 1.54) is 11.8 Å². The fourth-order valence-corrected chi connectivity index (χ4v) is 4.27. The molecule has 2 aliphatic heterocycles. The van der Waals surface area contributed by atoms with Gasteiger partial charge in [0.15, 0.2) is 0 Å². The van der Waals surface area contributed by atoms with Crippen LogP contribution in [-0.4, -0.2) is 46.8 Å². The minimum atomic E-state index is -0.929. The third kappa shape index (κ3) is 3.30. The predicted octanol–water partition coefficient (Wildman–Crippen LogP) is 2.78. The van der Waals surface area contributed by atoms with Gasteiger partial charge in [-0.15, -0.1) is 0 Å². The van der Waals surface area contributed by atoms with E-state index in [2.05, 4.69) is 34.1 Å². The highest BCUT2D eigenvalue weighted by molar-refractivity contribution is 5.87. The number of hydrogen-bond acceptors (Lipinski definition) is 4. The molecule has 0 amide bonds. The SMILES string of the molecule is O=C(O)c1cncc(CN2CC(c3ccccc3)C3COCCC32)c1. The largest absolute Gasteiger partial charge is 0.478 e. The Balaban J connectivity index is 1.57. The van der Waals surface area contributed by atoms with E-state index in [9.17, 15) is 9.90 Å². The van der Waals surface area contributed by atoms with E-state index in [4.69, 9.17) is 4.74 Å². The summed E-state index contributed by atoms with van der Waals surface area (Å²) in [6.07, 6.45) is 4.20. The Morgan fingerprint density at radius 2 is 2.12 bits per heavy atom. The number of carbonyl (C=O) groups is 1. The van der Waals surface area contributed by atoms with Crippen molar-refractivity contribution in [2.45, 2.75) is 24.9 Å². The number of carboxylic acid groups (broad SMARTS) is 1. The van der Waals surface area contributed by atoms with Crippen molar-refractivity contribution in [3.05, 3.63) is 65.5 Å². The first kappa shape index (κ1) is 16.2. The molecule has 2 fully saturated rings. The minimum Gasteiger partial charge on any atom is -0.478 e. The summed E-state index contributed by atoms with van der Waals surface area (Å²) in [4.78, 5) is 17.8. The first-order valence-electron chi connectivity index (χ1n) is 8.76. The van der Waals surface area contributed by atoms with Crippen LogP contribution in [0, 0.1) is 5.92 Å². The molecule has 0 radical (unpaired) electrons. The van der Waals surface area contributed by atoms with Crippen molar-refractivity contribution in [2.24, 2.45) is 5.92 Å². The normalized spacial score (nSPS) is 26.3. The lowest BCUT2D eigenvalue weighted by atomic mass is 9.84. The van der Waals surface area contributed by atoms with Gasteiger partial charge in [0.1, 0.15) is 0 Å². The van der Waals surface area contributed by atoms with Crippen LogP contribution in [0.5, 0.6) is 0 Å². The number of fused-ring (bicyclic) bond motifs is 1. The number of aromatic nitrogens is 1. The maximum absolute atomic E-state index is 11.2. The molecule has 3 heterocycles. The van der Waals surface area contributed by atoms with Crippen LogP contribution < -0.4 is 0 Å². The number of aromatic carboxylic acids is 1. The Morgan fingerprint density at radius 3 is 2.92 bits per heavy atom. The molecule has 1 aromatic heterocycles. The Kier molecular flexibility index (Phi) is 4.51. The van der Waals surface area contributed by atoms with Crippen molar-refractivity contribution in [2.75, 3.05) is 19.8 Å². The van der Waals surface area contributed by atoms with Crippen LogP contribution in [-0.2, 0) is 11.3 Å². The van der Waals surface area contributed by atoms with E-state index in [0.717, 1.165) is 38.3 Å². The van der Waals surface area contributed by atoms with Crippen LogP contribution in [0.15, 0.2) is 48.8 Å². The number of nitrogens with zero attached hydrogens (tertiary/aromatic N) is 2. The number of carboxylic acids is 1. The van der Waals surface area contributed by atoms with Gasteiger partial charge >= 0.3 is 5.97 Å². The van der Waals surface area contributed by atoms with Crippen LogP contribution >= 0.6 is 0 Å². The van der Waals surface area contributed by atoms with Crippen LogP contribution in [0.25, 0.3) is 0 Å². The summed E-state index contributed by atoms with van der Waals surface area (Å²) >= 11 is 0. The van der Waals surface area contributed by atoms with Gasteiger partial charge < -0.3 is 9.84 Å². The standard InChI is InChI=1S/C20H22N2O3/c23-20(24)16-8-14(9-21-10-16)11-22-12-17(15-4-2-1-3-5-15)18-13-25-7-6-19(18)22/h1-5,8-10,17-19H,6-7,11-13H2,(H,23,24). The van der Waals surface area contributed by atoms with Crippen LogP contribution in [0.4, 0.5) is 0 Å². The van der Waals surface area contributed by atoms with Gasteiger partial charge in [-0.3, -0.25) is 9.88 Å². The third-order valence-corrected chi connectivity index (χ3v) is 5.43. The fourth-order valence-electron chi connectivity index (χ4n) is 4.27. The molecule has 0 bridgehead atoms. The maximum atomic E-state index is 11.2. The summed E-state index contributed by atoms with van der Waals surface area (Å²) in [5.41, 5.74) is 2.57. The van der Waals surface area contributed by atoms with E-state index >= 15 is 0 Å². The van der Waals surface area contributed by atoms with E-state index < -0.39 is 5.97 Å². The number of hydrogen-bond donors (Lipinski definition) is 1. The molecule has 1 aromatic carbocycles. The van der Waals surface area contributed by atoms with Gasteiger partial charge in [-0.1, -0.05) is 30.3 Å². The zero-order valence-corrected chi connectivity index (χ0v) is 14.0. The quantitative estimate of drug-likeness (QED) is 0.929. The summed E-state index contributed by atoms with van der Waals surface area (Å²) < 4.78 is 5.77.